The van der Waals surface area contributed by atoms with Crippen molar-refractivity contribution in [3.05, 3.63) is 102 Å². The Balaban J connectivity index is 1.63. The van der Waals surface area contributed by atoms with Crippen molar-refractivity contribution in [2.24, 2.45) is 5.41 Å². The van der Waals surface area contributed by atoms with Crippen molar-refractivity contribution >= 4 is 15.8 Å². The van der Waals surface area contributed by atoms with Gasteiger partial charge in [0.15, 0.2) is 9.84 Å². The van der Waals surface area contributed by atoms with Crippen LogP contribution in [0.5, 0.6) is 11.5 Å². The van der Waals surface area contributed by atoms with Gasteiger partial charge in [-0.25, -0.2) is 8.42 Å². The average Bonchev–Trinajstić information content (AvgIpc) is 3.01. The Bertz CT molecular complexity index is 1530. The van der Waals surface area contributed by atoms with Crippen molar-refractivity contribution in [3.8, 4) is 11.5 Å². The molecule has 9 heteroatoms. The molecule has 3 aromatic rings. The van der Waals surface area contributed by atoms with E-state index in [1.165, 1.54) is 0 Å². The van der Waals surface area contributed by atoms with E-state index in [-0.39, 0.29) is 16.6 Å². The van der Waals surface area contributed by atoms with Crippen molar-refractivity contribution in [1.29, 1.82) is 0 Å². The fraction of sp³-hybridized carbons (Fsp3) is 0.400. The van der Waals surface area contributed by atoms with Crippen LogP contribution < -0.4 is 9.47 Å². The number of nitrogens with zero attached hydrogens (tertiary/aromatic N) is 2. The van der Waals surface area contributed by atoms with Gasteiger partial charge >= 0.3 is 5.97 Å². The molecule has 3 rings (SSSR count). The van der Waals surface area contributed by atoms with Crippen LogP contribution in [-0.2, 0) is 44.4 Å². The fourth-order valence-corrected chi connectivity index (χ4v) is 6.04. The van der Waals surface area contributed by atoms with Crippen LogP contribution in [0.4, 0.5) is 0 Å². The second-order valence-electron chi connectivity index (χ2n) is 11.5. The summed E-state index contributed by atoms with van der Waals surface area (Å²) in [7, 11) is -0.332. The number of hydrogen-bond donors (Lipinski definition) is 0. The van der Waals surface area contributed by atoms with Gasteiger partial charge in [-0.15, -0.1) is 0 Å². The highest BCUT2D eigenvalue weighted by molar-refractivity contribution is 7.90. The van der Waals surface area contributed by atoms with E-state index in [0.717, 1.165) is 29.0 Å². The molecular formula is C35H44N2O6S. The van der Waals surface area contributed by atoms with Crippen LogP contribution in [0, 0.1) is 5.41 Å². The van der Waals surface area contributed by atoms with E-state index in [1.807, 2.05) is 26.8 Å². The fourth-order valence-electron chi connectivity index (χ4n) is 4.69. The minimum absolute atomic E-state index is 0.195. The molecule has 0 spiro atoms. The number of carbonyl (C=O) groups excluding carboxylic acids is 1. The van der Waals surface area contributed by atoms with Crippen molar-refractivity contribution in [3.63, 3.8) is 0 Å². The number of allylic oxidation sites excluding steroid dienone is 2. The molecule has 44 heavy (non-hydrogen) atoms. The molecule has 0 N–H and O–H groups in total. The highest BCUT2D eigenvalue weighted by atomic mass is 32.2. The number of hydrogen-bond acceptors (Lipinski definition) is 8. The molecule has 8 nitrogen and oxygen atoms in total. The SMILES string of the molecule is C=CC(CCc1c(OC)ccnc1CC/C=C/CCc1c(OC)ccnc1CS(=O)(=O)c1ccccc1)OC(=O)C(C)(C)C. The first-order chi connectivity index (χ1) is 21.0. The summed E-state index contributed by atoms with van der Waals surface area (Å²) in [6, 6.07) is 12.0. The normalized spacial score (nSPS) is 12.6. The van der Waals surface area contributed by atoms with Gasteiger partial charge in [-0.3, -0.25) is 14.8 Å². The smallest absolute Gasteiger partial charge is 0.311 e. The summed E-state index contributed by atoms with van der Waals surface area (Å²) in [6.45, 7) is 9.33. The summed E-state index contributed by atoms with van der Waals surface area (Å²) >= 11 is 0. The number of aromatic nitrogens is 2. The summed E-state index contributed by atoms with van der Waals surface area (Å²) in [4.78, 5) is 21.7. The van der Waals surface area contributed by atoms with Crippen molar-refractivity contribution < 1.29 is 27.4 Å². The molecule has 2 heterocycles. The Labute approximate surface area is 262 Å². The van der Waals surface area contributed by atoms with E-state index in [1.54, 1.807) is 69.1 Å². The Morgan fingerprint density at radius 3 is 2.00 bits per heavy atom. The maximum atomic E-state index is 13.0. The van der Waals surface area contributed by atoms with Gasteiger partial charge in [-0.05, 0) is 83.6 Å². The molecule has 236 valence electrons. The summed E-state index contributed by atoms with van der Waals surface area (Å²) < 4.78 is 42.9. The number of methoxy groups -OCH3 is 2. The van der Waals surface area contributed by atoms with Crippen LogP contribution in [0.3, 0.4) is 0 Å². The molecule has 1 unspecified atom stereocenters. The van der Waals surface area contributed by atoms with Crippen molar-refractivity contribution in [2.45, 2.75) is 76.0 Å². The monoisotopic (exact) mass is 620 g/mol. The van der Waals surface area contributed by atoms with E-state index >= 15 is 0 Å². The van der Waals surface area contributed by atoms with Crippen LogP contribution in [-0.4, -0.2) is 44.7 Å². The second kappa shape index (κ2) is 16.2. The quantitative estimate of drug-likeness (QED) is 0.129. The third-order valence-corrected chi connectivity index (χ3v) is 8.80. The Hall–Kier alpha value is -3.98. The molecule has 1 aromatic carbocycles. The molecule has 0 amide bonds. The molecule has 0 saturated heterocycles. The lowest BCUT2D eigenvalue weighted by molar-refractivity contribution is -0.156. The van der Waals surface area contributed by atoms with E-state index in [4.69, 9.17) is 14.2 Å². The molecule has 0 bridgehead atoms. The van der Waals surface area contributed by atoms with E-state index < -0.39 is 21.4 Å². The van der Waals surface area contributed by atoms with Crippen molar-refractivity contribution in [1.82, 2.24) is 9.97 Å². The first kappa shape index (κ1) is 34.5. The topological polar surface area (TPSA) is 105 Å². The van der Waals surface area contributed by atoms with Gasteiger partial charge in [0.05, 0.1) is 36.0 Å². The third kappa shape index (κ3) is 9.77. The Morgan fingerprint density at radius 2 is 1.43 bits per heavy atom. The highest BCUT2D eigenvalue weighted by Crippen LogP contribution is 2.27. The van der Waals surface area contributed by atoms with Gasteiger partial charge in [0.1, 0.15) is 17.6 Å². The zero-order valence-corrected chi connectivity index (χ0v) is 27.2. The number of aryl methyl sites for hydroxylation is 1. The first-order valence-corrected chi connectivity index (χ1v) is 16.4. The van der Waals surface area contributed by atoms with Crippen LogP contribution >= 0.6 is 0 Å². The standard InChI is InChI=1S/C35H44N2O6S/c1-7-26(43-34(38)35(2,3)4)19-20-29-30(36-23-21-33(29)42-6)18-14-9-8-13-17-28-31(37-24-22-32(28)41-5)25-44(39,40)27-15-11-10-12-16-27/h7-12,15-16,21-24,26H,1,13-14,17-20,25H2,2-6H3/b9-8+. The average molecular weight is 621 g/mol. The zero-order chi connectivity index (χ0) is 32.2. The minimum atomic E-state index is -3.55. The second-order valence-corrected chi connectivity index (χ2v) is 13.5. The summed E-state index contributed by atoms with van der Waals surface area (Å²) in [6.07, 6.45) is 12.7. The van der Waals surface area contributed by atoms with Gasteiger partial charge in [-0.2, -0.15) is 0 Å². The Morgan fingerprint density at radius 1 is 0.864 bits per heavy atom. The number of rotatable bonds is 16. The van der Waals surface area contributed by atoms with E-state index in [2.05, 4.69) is 28.7 Å². The van der Waals surface area contributed by atoms with E-state index in [0.29, 0.717) is 43.5 Å². The summed E-state index contributed by atoms with van der Waals surface area (Å²) in [5, 5.41) is 0. The van der Waals surface area contributed by atoms with Crippen LogP contribution in [0.15, 0.2) is 84.6 Å². The molecule has 0 aliphatic heterocycles. The molecule has 0 saturated carbocycles. The summed E-state index contributed by atoms with van der Waals surface area (Å²) in [5.41, 5.74) is 2.62. The predicted octanol–water partition coefficient (Wildman–Crippen LogP) is 6.67. The molecule has 0 aliphatic carbocycles. The van der Waals surface area contributed by atoms with Crippen LogP contribution in [0.25, 0.3) is 0 Å². The molecule has 0 aliphatic rings. The Kier molecular flexibility index (Phi) is 12.7. The molecule has 0 fully saturated rings. The molecule has 2 aromatic heterocycles. The van der Waals surface area contributed by atoms with Gasteiger partial charge < -0.3 is 14.2 Å². The van der Waals surface area contributed by atoms with Gasteiger partial charge in [0, 0.05) is 29.2 Å². The lowest BCUT2D eigenvalue weighted by Crippen LogP contribution is -2.27. The maximum absolute atomic E-state index is 13.0. The lowest BCUT2D eigenvalue weighted by Gasteiger charge is -2.22. The number of esters is 1. The van der Waals surface area contributed by atoms with Crippen LogP contribution in [0.1, 0.15) is 62.5 Å². The predicted molar refractivity (Wildman–Crippen MR) is 173 cm³/mol. The zero-order valence-electron chi connectivity index (χ0n) is 26.4. The number of ether oxygens (including phenoxy) is 3. The minimum Gasteiger partial charge on any atom is -0.496 e. The highest BCUT2D eigenvalue weighted by Gasteiger charge is 2.26. The number of carbonyl (C=O) groups is 1. The lowest BCUT2D eigenvalue weighted by atomic mass is 9.97. The van der Waals surface area contributed by atoms with Gasteiger partial charge in [0.25, 0.3) is 0 Å². The maximum Gasteiger partial charge on any atom is 0.311 e. The summed E-state index contributed by atoms with van der Waals surface area (Å²) in [5.74, 6) is 0.924. The van der Waals surface area contributed by atoms with Crippen molar-refractivity contribution in [2.75, 3.05) is 14.2 Å². The van der Waals surface area contributed by atoms with Gasteiger partial charge in [0.2, 0.25) is 0 Å². The third-order valence-electron chi connectivity index (χ3n) is 7.16. The van der Waals surface area contributed by atoms with E-state index in [9.17, 15) is 13.2 Å². The first-order valence-electron chi connectivity index (χ1n) is 14.8. The van der Waals surface area contributed by atoms with Crippen LogP contribution in [0.2, 0.25) is 0 Å². The van der Waals surface area contributed by atoms with Gasteiger partial charge in [-0.1, -0.05) is 43.0 Å². The number of benzene rings is 1. The molecular weight excluding hydrogens is 576 g/mol. The number of pyridine rings is 2. The largest absolute Gasteiger partial charge is 0.496 e. The molecule has 0 radical (unpaired) electrons. The number of sulfone groups is 1. The molecule has 1 atom stereocenters.